The Labute approximate surface area is 147 Å². The number of nitrogens with one attached hydrogen (secondary N) is 2. The number of aliphatic imine (C=N–C) groups is 1. The molecule has 0 aliphatic carbocycles. The van der Waals surface area contributed by atoms with Crippen molar-refractivity contribution >= 4 is 17.6 Å². The summed E-state index contributed by atoms with van der Waals surface area (Å²) < 4.78 is 13.3. The molecule has 0 aliphatic heterocycles. The molecule has 0 aromatic heterocycles. The van der Waals surface area contributed by atoms with Crippen LogP contribution in [0, 0.1) is 5.82 Å². The standard InChI is InChI=1S/C19H23FN4O/c1-3-21-19(24(2)14-15-8-7-9-16(20)12-15)22-13-18(25)23-17-10-5-4-6-11-17/h4-12H,3,13-14H2,1-2H3,(H,21,22)(H,23,25). The van der Waals surface area contributed by atoms with Crippen LogP contribution in [0.15, 0.2) is 59.6 Å². The Morgan fingerprint density at radius 2 is 1.92 bits per heavy atom. The average molecular weight is 342 g/mol. The minimum absolute atomic E-state index is 0.00468. The van der Waals surface area contributed by atoms with Gasteiger partial charge in [-0.15, -0.1) is 0 Å². The number of benzene rings is 2. The van der Waals surface area contributed by atoms with Crippen LogP contribution in [0.1, 0.15) is 12.5 Å². The number of carbonyl (C=O) groups is 1. The van der Waals surface area contributed by atoms with Crippen LogP contribution >= 0.6 is 0 Å². The third-order valence-corrected chi connectivity index (χ3v) is 3.44. The molecule has 0 fully saturated rings. The van der Waals surface area contributed by atoms with Gasteiger partial charge in [0, 0.05) is 25.8 Å². The minimum atomic E-state index is -0.268. The Kier molecular flexibility index (Phi) is 6.95. The third kappa shape index (κ3) is 6.25. The first-order valence-electron chi connectivity index (χ1n) is 8.17. The molecule has 0 bridgehead atoms. The zero-order valence-corrected chi connectivity index (χ0v) is 14.5. The second-order valence-electron chi connectivity index (χ2n) is 5.57. The number of hydrogen-bond acceptors (Lipinski definition) is 2. The van der Waals surface area contributed by atoms with Crippen LogP contribution in [0.3, 0.4) is 0 Å². The molecule has 0 spiro atoms. The topological polar surface area (TPSA) is 56.7 Å². The van der Waals surface area contributed by atoms with Crippen molar-refractivity contribution in [2.24, 2.45) is 4.99 Å². The van der Waals surface area contributed by atoms with E-state index >= 15 is 0 Å². The van der Waals surface area contributed by atoms with Gasteiger partial charge in [-0.2, -0.15) is 0 Å². The van der Waals surface area contributed by atoms with Gasteiger partial charge in [-0.1, -0.05) is 30.3 Å². The third-order valence-electron chi connectivity index (χ3n) is 3.44. The summed E-state index contributed by atoms with van der Waals surface area (Å²) in [4.78, 5) is 18.2. The molecule has 2 aromatic rings. The van der Waals surface area contributed by atoms with Gasteiger partial charge < -0.3 is 15.5 Å². The number of halogens is 1. The van der Waals surface area contributed by atoms with Crippen LogP contribution in [0.5, 0.6) is 0 Å². The minimum Gasteiger partial charge on any atom is -0.357 e. The first-order valence-corrected chi connectivity index (χ1v) is 8.17. The van der Waals surface area contributed by atoms with Crippen LogP contribution in [0.2, 0.25) is 0 Å². The Hall–Kier alpha value is -2.89. The maximum Gasteiger partial charge on any atom is 0.246 e. The lowest BCUT2D eigenvalue weighted by Gasteiger charge is -2.22. The van der Waals surface area contributed by atoms with E-state index < -0.39 is 0 Å². The molecule has 2 aromatic carbocycles. The second kappa shape index (κ2) is 9.42. The maximum absolute atomic E-state index is 13.3. The number of anilines is 1. The van der Waals surface area contributed by atoms with Crippen molar-refractivity contribution in [3.63, 3.8) is 0 Å². The average Bonchev–Trinajstić information content (AvgIpc) is 2.59. The predicted molar refractivity (Wildman–Crippen MR) is 98.9 cm³/mol. The van der Waals surface area contributed by atoms with E-state index in [-0.39, 0.29) is 18.3 Å². The van der Waals surface area contributed by atoms with Crippen molar-refractivity contribution < 1.29 is 9.18 Å². The van der Waals surface area contributed by atoms with Crippen molar-refractivity contribution in [1.82, 2.24) is 10.2 Å². The van der Waals surface area contributed by atoms with Gasteiger partial charge in [0.05, 0.1) is 0 Å². The lowest BCUT2D eigenvalue weighted by atomic mass is 10.2. The summed E-state index contributed by atoms with van der Waals surface area (Å²) in [6.45, 7) is 3.12. The molecule has 25 heavy (non-hydrogen) atoms. The number of amides is 1. The van der Waals surface area contributed by atoms with Gasteiger partial charge in [0.25, 0.3) is 0 Å². The molecule has 0 saturated heterocycles. The fourth-order valence-electron chi connectivity index (χ4n) is 2.32. The van der Waals surface area contributed by atoms with Crippen molar-refractivity contribution in [2.45, 2.75) is 13.5 Å². The Morgan fingerprint density at radius 1 is 1.16 bits per heavy atom. The molecule has 0 atom stereocenters. The molecule has 6 heteroatoms. The van der Waals surface area contributed by atoms with Gasteiger partial charge in [0.15, 0.2) is 5.96 Å². The number of guanidine groups is 1. The highest BCUT2D eigenvalue weighted by atomic mass is 19.1. The summed E-state index contributed by atoms with van der Waals surface area (Å²) in [7, 11) is 1.85. The molecule has 2 N–H and O–H groups in total. The van der Waals surface area contributed by atoms with Crippen LogP contribution in [0.4, 0.5) is 10.1 Å². The van der Waals surface area contributed by atoms with E-state index in [0.717, 1.165) is 11.3 Å². The number of nitrogens with zero attached hydrogens (tertiary/aromatic N) is 2. The molecule has 0 saturated carbocycles. The molecule has 0 radical (unpaired) electrons. The fraction of sp³-hybridized carbons (Fsp3) is 0.263. The van der Waals surface area contributed by atoms with E-state index in [1.54, 1.807) is 6.07 Å². The highest BCUT2D eigenvalue weighted by Gasteiger charge is 2.08. The highest BCUT2D eigenvalue weighted by molar-refractivity contribution is 5.94. The van der Waals surface area contributed by atoms with Crippen LogP contribution < -0.4 is 10.6 Å². The van der Waals surface area contributed by atoms with E-state index in [1.807, 2.05) is 55.3 Å². The molecule has 0 aliphatic rings. The number of hydrogen-bond donors (Lipinski definition) is 2. The van der Waals surface area contributed by atoms with Gasteiger partial charge in [-0.25, -0.2) is 9.38 Å². The predicted octanol–water partition coefficient (Wildman–Crippen LogP) is 2.86. The zero-order valence-electron chi connectivity index (χ0n) is 14.5. The molecule has 0 heterocycles. The highest BCUT2D eigenvalue weighted by Crippen LogP contribution is 2.07. The van der Waals surface area contributed by atoms with Crippen LogP contribution in [-0.2, 0) is 11.3 Å². The maximum atomic E-state index is 13.3. The summed E-state index contributed by atoms with van der Waals surface area (Å²) in [5, 5.41) is 5.93. The van der Waals surface area contributed by atoms with E-state index in [9.17, 15) is 9.18 Å². The summed E-state index contributed by atoms with van der Waals surface area (Å²) in [5.74, 6) is 0.130. The van der Waals surface area contributed by atoms with Gasteiger partial charge >= 0.3 is 0 Å². The normalized spacial score (nSPS) is 11.1. The molecule has 1 amide bonds. The Bertz CT molecular complexity index is 718. The second-order valence-corrected chi connectivity index (χ2v) is 5.57. The first kappa shape index (κ1) is 18.4. The summed E-state index contributed by atoms with van der Waals surface area (Å²) in [5.41, 5.74) is 1.57. The molecule has 5 nitrogen and oxygen atoms in total. The van der Waals surface area contributed by atoms with E-state index in [1.165, 1.54) is 12.1 Å². The fourth-order valence-corrected chi connectivity index (χ4v) is 2.32. The first-order chi connectivity index (χ1) is 12.1. The molecular weight excluding hydrogens is 319 g/mol. The number of rotatable bonds is 6. The number of para-hydroxylation sites is 1. The summed E-state index contributed by atoms with van der Waals surface area (Å²) in [6, 6.07) is 15.7. The molecule has 0 unspecified atom stereocenters. The Morgan fingerprint density at radius 3 is 2.60 bits per heavy atom. The molecule has 132 valence electrons. The lowest BCUT2D eigenvalue weighted by Crippen LogP contribution is -2.39. The smallest absolute Gasteiger partial charge is 0.246 e. The van der Waals surface area contributed by atoms with Gasteiger partial charge in [0.2, 0.25) is 5.91 Å². The molecule has 2 rings (SSSR count). The van der Waals surface area contributed by atoms with E-state index in [2.05, 4.69) is 15.6 Å². The summed E-state index contributed by atoms with van der Waals surface area (Å²) >= 11 is 0. The van der Waals surface area contributed by atoms with Crippen LogP contribution in [0.25, 0.3) is 0 Å². The van der Waals surface area contributed by atoms with Crippen molar-refractivity contribution in [2.75, 3.05) is 25.5 Å². The van der Waals surface area contributed by atoms with Gasteiger partial charge in [-0.3, -0.25) is 4.79 Å². The van der Waals surface area contributed by atoms with Crippen LogP contribution in [-0.4, -0.2) is 36.9 Å². The quantitative estimate of drug-likeness (QED) is 0.627. The summed E-state index contributed by atoms with van der Waals surface area (Å²) in [6.07, 6.45) is 0. The SMILES string of the molecule is CCNC(=NCC(=O)Nc1ccccc1)N(C)Cc1cccc(F)c1. The number of carbonyl (C=O) groups excluding carboxylic acids is 1. The van der Waals surface area contributed by atoms with Crippen molar-refractivity contribution in [1.29, 1.82) is 0 Å². The van der Waals surface area contributed by atoms with Crippen molar-refractivity contribution in [3.8, 4) is 0 Å². The zero-order chi connectivity index (χ0) is 18.1. The van der Waals surface area contributed by atoms with E-state index in [4.69, 9.17) is 0 Å². The monoisotopic (exact) mass is 342 g/mol. The lowest BCUT2D eigenvalue weighted by molar-refractivity contribution is -0.114. The van der Waals surface area contributed by atoms with E-state index in [0.29, 0.717) is 19.0 Å². The largest absolute Gasteiger partial charge is 0.357 e. The Balaban J connectivity index is 1.98. The van der Waals surface area contributed by atoms with Gasteiger partial charge in [-0.05, 0) is 36.8 Å². The van der Waals surface area contributed by atoms with Crippen molar-refractivity contribution in [3.05, 3.63) is 66.0 Å². The molecular formula is C19H23FN4O. The van der Waals surface area contributed by atoms with Gasteiger partial charge in [0.1, 0.15) is 12.4 Å².